The van der Waals surface area contributed by atoms with E-state index in [1.165, 1.54) is 6.07 Å². The highest BCUT2D eigenvalue weighted by Crippen LogP contribution is 2.32. The second-order valence-corrected chi connectivity index (χ2v) is 8.03. The van der Waals surface area contributed by atoms with E-state index in [0.29, 0.717) is 48.4 Å². The van der Waals surface area contributed by atoms with E-state index in [9.17, 15) is 14.0 Å². The lowest BCUT2D eigenvalue weighted by Crippen LogP contribution is -2.57. The molecular formula is C23H24ClFN4O3. The Balaban J connectivity index is 1.56. The van der Waals surface area contributed by atoms with Crippen LogP contribution in [0, 0.1) is 11.7 Å². The predicted octanol–water partition coefficient (Wildman–Crippen LogP) is 3.01. The third-order valence-corrected chi connectivity index (χ3v) is 5.87. The van der Waals surface area contributed by atoms with Crippen LogP contribution in [0.4, 0.5) is 10.1 Å². The molecule has 4 rings (SSSR count). The van der Waals surface area contributed by atoms with E-state index in [1.54, 1.807) is 43.3 Å². The molecule has 2 aliphatic heterocycles. The van der Waals surface area contributed by atoms with E-state index in [1.807, 2.05) is 15.9 Å². The normalized spacial score (nSPS) is 21.1. The summed E-state index contributed by atoms with van der Waals surface area (Å²) in [5, 5.41) is 3.32. The van der Waals surface area contributed by atoms with Gasteiger partial charge in [-0.1, -0.05) is 35.9 Å². The summed E-state index contributed by atoms with van der Waals surface area (Å²) in [5.41, 5.74) is 1.26. The number of aliphatic imine (C=N–C) groups is 1. The second-order valence-electron chi connectivity index (χ2n) is 7.59. The largest absolute Gasteiger partial charge is 0.465 e. The lowest BCUT2D eigenvalue weighted by Gasteiger charge is -2.39. The number of nitrogens with one attached hydrogen (secondary N) is 1. The molecule has 32 heavy (non-hydrogen) atoms. The lowest BCUT2D eigenvalue weighted by atomic mass is 9.91. The molecule has 2 aromatic carbocycles. The van der Waals surface area contributed by atoms with Crippen molar-refractivity contribution in [3.8, 4) is 0 Å². The Morgan fingerprint density at radius 1 is 1.12 bits per heavy atom. The Morgan fingerprint density at radius 3 is 2.44 bits per heavy atom. The molecule has 0 bridgehead atoms. The van der Waals surface area contributed by atoms with E-state index in [4.69, 9.17) is 21.3 Å². The number of para-hydroxylation sites is 1. The van der Waals surface area contributed by atoms with Gasteiger partial charge in [0, 0.05) is 31.2 Å². The number of rotatable bonds is 4. The summed E-state index contributed by atoms with van der Waals surface area (Å²) in [7, 11) is 0. The van der Waals surface area contributed by atoms with Gasteiger partial charge < -0.3 is 14.5 Å². The smallest absolute Gasteiger partial charge is 0.321 e. The molecule has 0 unspecified atom stereocenters. The maximum absolute atomic E-state index is 14.1. The molecule has 1 amide bonds. The fourth-order valence-corrected chi connectivity index (χ4v) is 4.12. The van der Waals surface area contributed by atoms with Gasteiger partial charge in [0.1, 0.15) is 11.9 Å². The van der Waals surface area contributed by atoms with Crippen molar-refractivity contribution in [1.82, 2.24) is 10.2 Å². The first kappa shape index (κ1) is 22.1. The van der Waals surface area contributed by atoms with Crippen molar-refractivity contribution in [3.05, 3.63) is 64.9 Å². The third-order valence-electron chi connectivity index (χ3n) is 5.62. The van der Waals surface area contributed by atoms with Crippen molar-refractivity contribution in [2.24, 2.45) is 10.9 Å². The van der Waals surface area contributed by atoms with Gasteiger partial charge in [-0.3, -0.25) is 14.9 Å². The number of hydrogen-bond donors (Lipinski definition) is 1. The molecule has 168 valence electrons. The topological polar surface area (TPSA) is 74.2 Å². The van der Waals surface area contributed by atoms with Gasteiger partial charge in [-0.15, -0.1) is 0 Å². The van der Waals surface area contributed by atoms with Crippen molar-refractivity contribution in [1.29, 1.82) is 0 Å². The molecule has 0 aliphatic carbocycles. The highest BCUT2D eigenvalue weighted by Gasteiger charge is 2.42. The first-order valence-corrected chi connectivity index (χ1v) is 10.9. The number of nitrogens with zero attached hydrogens (tertiary/aromatic N) is 3. The molecule has 9 heteroatoms. The Morgan fingerprint density at radius 2 is 1.78 bits per heavy atom. The van der Waals surface area contributed by atoms with Gasteiger partial charge in [0.25, 0.3) is 0 Å². The summed E-state index contributed by atoms with van der Waals surface area (Å²) in [6, 6.07) is 12.9. The van der Waals surface area contributed by atoms with Crippen LogP contribution in [-0.4, -0.2) is 55.5 Å². The number of piperazine rings is 1. The summed E-state index contributed by atoms with van der Waals surface area (Å²) in [6.45, 7) is 4.10. The van der Waals surface area contributed by atoms with E-state index < -0.39 is 23.8 Å². The Bertz CT molecular complexity index is 1020. The number of anilines is 1. The molecule has 2 heterocycles. The maximum Gasteiger partial charge on any atom is 0.321 e. The van der Waals surface area contributed by atoms with E-state index >= 15 is 0 Å². The minimum absolute atomic E-state index is 0.171. The zero-order chi connectivity index (χ0) is 22.7. The molecule has 1 saturated heterocycles. The number of ether oxygens (including phenoxy) is 1. The van der Waals surface area contributed by atoms with Gasteiger partial charge in [-0.2, -0.15) is 0 Å². The van der Waals surface area contributed by atoms with Crippen LogP contribution in [0.3, 0.4) is 0 Å². The first-order chi connectivity index (χ1) is 15.5. The maximum atomic E-state index is 14.1. The Hall–Kier alpha value is -3.13. The quantitative estimate of drug-likeness (QED) is 0.563. The van der Waals surface area contributed by atoms with Crippen LogP contribution in [0.5, 0.6) is 0 Å². The number of halogens is 2. The molecule has 0 saturated carbocycles. The number of hydrogen-bond acceptors (Lipinski definition) is 6. The van der Waals surface area contributed by atoms with E-state index in [0.717, 1.165) is 0 Å². The summed E-state index contributed by atoms with van der Waals surface area (Å²) in [5.74, 6) is -2.00. The van der Waals surface area contributed by atoms with Crippen LogP contribution < -0.4 is 10.2 Å². The van der Waals surface area contributed by atoms with Gasteiger partial charge in [0.2, 0.25) is 11.9 Å². The van der Waals surface area contributed by atoms with Crippen LogP contribution in [0.1, 0.15) is 18.5 Å². The SMILES string of the molecule is CCOC(=O)[C@@H]1C(=O)NC(N2CCN(c3ccccc3F)CC2)=N[C@@H]1c1ccc(Cl)cc1. The van der Waals surface area contributed by atoms with Crippen molar-refractivity contribution < 1.29 is 18.7 Å². The van der Waals surface area contributed by atoms with Crippen LogP contribution in [0.2, 0.25) is 5.02 Å². The van der Waals surface area contributed by atoms with Gasteiger partial charge in [-0.05, 0) is 36.8 Å². The standard InChI is InChI=1S/C23H24ClFN4O3/c1-2-32-22(31)19-20(15-7-9-16(24)10-8-15)26-23(27-21(19)30)29-13-11-28(12-14-29)18-6-4-3-5-17(18)25/h3-10,19-20H,2,11-14H2,1H3,(H,26,27,30)/t19-,20+/m0/s1. The summed E-state index contributed by atoms with van der Waals surface area (Å²) >= 11 is 6.01. The van der Waals surface area contributed by atoms with Gasteiger partial charge in [0.15, 0.2) is 5.92 Å². The summed E-state index contributed by atoms with van der Waals surface area (Å²) in [4.78, 5) is 34.1. The Labute approximate surface area is 190 Å². The Kier molecular flexibility index (Phi) is 6.60. The highest BCUT2D eigenvalue weighted by atomic mass is 35.5. The van der Waals surface area contributed by atoms with Gasteiger partial charge in [0.05, 0.1) is 12.3 Å². The predicted molar refractivity (Wildman–Crippen MR) is 120 cm³/mol. The number of esters is 1. The average molecular weight is 459 g/mol. The van der Waals surface area contributed by atoms with Crippen molar-refractivity contribution in [2.75, 3.05) is 37.7 Å². The zero-order valence-electron chi connectivity index (χ0n) is 17.6. The van der Waals surface area contributed by atoms with Crippen molar-refractivity contribution in [2.45, 2.75) is 13.0 Å². The molecule has 0 spiro atoms. The monoisotopic (exact) mass is 458 g/mol. The van der Waals surface area contributed by atoms with Crippen LogP contribution in [0.25, 0.3) is 0 Å². The van der Waals surface area contributed by atoms with Crippen molar-refractivity contribution in [3.63, 3.8) is 0 Å². The molecule has 2 aromatic rings. The van der Waals surface area contributed by atoms with Gasteiger partial charge in [-0.25, -0.2) is 9.38 Å². The van der Waals surface area contributed by atoms with Crippen LogP contribution >= 0.6 is 11.6 Å². The average Bonchev–Trinajstić information content (AvgIpc) is 2.79. The highest BCUT2D eigenvalue weighted by molar-refractivity contribution is 6.30. The van der Waals surface area contributed by atoms with Gasteiger partial charge >= 0.3 is 5.97 Å². The van der Waals surface area contributed by atoms with E-state index in [-0.39, 0.29) is 12.4 Å². The first-order valence-electron chi connectivity index (χ1n) is 10.5. The molecule has 0 radical (unpaired) electrons. The molecule has 0 aromatic heterocycles. The van der Waals surface area contributed by atoms with Crippen molar-refractivity contribution >= 4 is 35.1 Å². The van der Waals surface area contributed by atoms with E-state index in [2.05, 4.69) is 5.32 Å². The third kappa shape index (κ3) is 4.55. The van der Waals surface area contributed by atoms with Crippen LogP contribution in [0.15, 0.2) is 53.5 Å². The summed E-state index contributed by atoms with van der Waals surface area (Å²) in [6.07, 6.45) is 0. The summed E-state index contributed by atoms with van der Waals surface area (Å²) < 4.78 is 19.3. The number of carbonyl (C=O) groups is 2. The molecule has 2 atom stereocenters. The van der Waals surface area contributed by atoms with Crippen LogP contribution in [-0.2, 0) is 14.3 Å². The number of amides is 1. The minimum Gasteiger partial charge on any atom is -0.465 e. The number of benzene rings is 2. The zero-order valence-corrected chi connectivity index (χ0v) is 18.4. The second kappa shape index (κ2) is 9.56. The lowest BCUT2D eigenvalue weighted by molar-refractivity contribution is -0.153. The fraction of sp³-hybridized carbons (Fsp3) is 0.348. The number of guanidine groups is 1. The molecule has 1 N–H and O–H groups in total. The molecule has 1 fully saturated rings. The molecular weight excluding hydrogens is 435 g/mol. The minimum atomic E-state index is -1.08. The number of carbonyl (C=O) groups excluding carboxylic acids is 2. The fourth-order valence-electron chi connectivity index (χ4n) is 3.99. The molecule has 7 nitrogen and oxygen atoms in total. The molecule has 2 aliphatic rings.